The van der Waals surface area contributed by atoms with Crippen LogP contribution in [-0.2, 0) is 0 Å². The zero-order chi connectivity index (χ0) is 14.2. The minimum absolute atomic E-state index is 1.03. The Morgan fingerprint density at radius 3 is 1.26 bits per heavy atom. The smallest absolute Gasteiger partial charge is 0.0414 e. The molecule has 0 radical (unpaired) electrons. The molecule has 19 heavy (non-hydrogen) atoms. The molecule has 0 atom stereocenters. The summed E-state index contributed by atoms with van der Waals surface area (Å²) < 4.78 is 0. The molecule has 0 heterocycles. The lowest BCUT2D eigenvalue weighted by atomic mass is 9.92. The molecular weight excluding hydrogens is 228 g/mol. The minimum atomic E-state index is 1.03. The molecule has 0 rings (SSSR count). The van der Waals surface area contributed by atoms with Crippen molar-refractivity contribution in [3.8, 4) is 0 Å². The van der Waals surface area contributed by atoms with Crippen LogP contribution < -0.4 is 0 Å². The first-order chi connectivity index (χ1) is 9.35. The summed E-state index contributed by atoms with van der Waals surface area (Å²) in [5.41, 5.74) is 0. The van der Waals surface area contributed by atoms with Crippen LogP contribution >= 0.6 is 0 Å². The van der Waals surface area contributed by atoms with Crippen molar-refractivity contribution in [2.45, 2.75) is 117 Å². The fraction of sp³-hybridized carbons (Fsp3) is 1.00. The van der Waals surface area contributed by atoms with Gasteiger partial charge in [0.2, 0.25) is 0 Å². The standard InChI is InChI=1S/C19H40/c1-4-7-8-9-10-11-12-13-14-15-18-19(16-5-2)17-6-3/h19H,4-18H2,1-3H3. The lowest BCUT2D eigenvalue weighted by Crippen LogP contribution is -1.99. The number of unbranched alkanes of at least 4 members (excludes halogenated alkanes) is 9. The van der Waals surface area contributed by atoms with Crippen LogP contribution in [0.3, 0.4) is 0 Å². The normalized spacial score (nSPS) is 11.4. The van der Waals surface area contributed by atoms with Gasteiger partial charge in [0, 0.05) is 0 Å². The maximum atomic E-state index is 2.33. The zero-order valence-electron chi connectivity index (χ0n) is 14.2. The summed E-state index contributed by atoms with van der Waals surface area (Å²) in [5, 5.41) is 0. The van der Waals surface area contributed by atoms with E-state index in [-0.39, 0.29) is 0 Å². The van der Waals surface area contributed by atoms with Crippen LogP contribution in [-0.4, -0.2) is 0 Å². The molecule has 0 unspecified atom stereocenters. The molecule has 0 aromatic heterocycles. The van der Waals surface area contributed by atoms with Crippen LogP contribution in [0.15, 0.2) is 0 Å². The van der Waals surface area contributed by atoms with E-state index < -0.39 is 0 Å². The second-order valence-electron chi connectivity index (χ2n) is 6.41. The van der Waals surface area contributed by atoms with Gasteiger partial charge >= 0.3 is 0 Å². The minimum Gasteiger partial charge on any atom is -0.0654 e. The van der Waals surface area contributed by atoms with Gasteiger partial charge in [-0.05, 0) is 5.92 Å². The van der Waals surface area contributed by atoms with E-state index in [0.29, 0.717) is 0 Å². The van der Waals surface area contributed by atoms with Crippen LogP contribution in [0, 0.1) is 5.92 Å². The van der Waals surface area contributed by atoms with Crippen LogP contribution in [0.1, 0.15) is 117 Å². The molecule has 0 amide bonds. The Labute approximate surface area is 123 Å². The van der Waals surface area contributed by atoms with Crippen molar-refractivity contribution < 1.29 is 0 Å². The first-order valence-corrected chi connectivity index (χ1v) is 9.35. The Morgan fingerprint density at radius 2 is 0.842 bits per heavy atom. The van der Waals surface area contributed by atoms with E-state index in [0.717, 1.165) is 5.92 Å². The molecule has 0 N–H and O–H groups in total. The van der Waals surface area contributed by atoms with Gasteiger partial charge in [0.05, 0.1) is 0 Å². The SMILES string of the molecule is CCCCCCCCCCCCC(CCC)CCC. The third kappa shape index (κ3) is 14.2. The molecular formula is C19H40. The Balaban J connectivity index is 3.20. The van der Waals surface area contributed by atoms with Gasteiger partial charge in [-0.1, -0.05) is 117 Å². The van der Waals surface area contributed by atoms with E-state index in [4.69, 9.17) is 0 Å². The van der Waals surface area contributed by atoms with Crippen LogP contribution in [0.5, 0.6) is 0 Å². The van der Waals surface area contributed by atoms with Gasteiger partial charge in [0.25, 0.3) is 0 Å². The van der Waals surface area contributed by atoms with E-state index in [1.807, 2.05) is 0 Å². The molecule has 0 aromatic rings. The summed E-state index contributed by atoms with van der Waals surface area (Å²) in [5.74, 6) is 1.03. The third-order valence-corrected chi connectivity index (χ3v) is 4.36. The molecule has 0 spiro atoms. The van der Waals surface area contributed by atoms with Gasteiger partial charge in [0.15, 0.2) is 0 Å². The highest BCUT2D eigenvalue weighted by atomic mass is 14.1. The predicted molar refractivity (Wildman–Crippen MR) is 89.8 cm³/mol. The average molecular weight is 269 g/mol. The van der Waals surface area contributed by atoms with E-state index in [1.165, 1.54) is 96.3 Å². The molecule has 0 heteroatoms. The molecule has 116 valence electrons. The maximum Gasteiger partial charge on any atom is -0.0414 e. The summed E-state index contributed by atoms with van der Waals surface area (Å²) in [4.78, 5) is 0. The predicted octanol–water partition coefficient (Wildman–Crippen LogP) is 7.51. The van der Waals surface area contributed by atoms with Crippen molar-refractivity contribution >= 4 is 0 Å². The molecule has 0 aliphatic heterocycles. The van der Waals surface area contributed by atoms with E-state index in [9.17, 15) is 0 Å². The van der Waals surface area contributed by atoms with E-state index in [1.54, 1.807) is 0 Å². The van der Waals surface area contributed by atoms with Crippen molar-refractivity contribution in [2.24, 2.45) is 5.92 Å². The maximum absolute atomic E-state index is 2.33. The van der Waals surface area contributed by atoms with Gasteiger partial charge in [0.1, 0.15) is 0 Å². The molecule has 0 saturated heterocycles. The molecule has 0 fully saturated rings. The van der Waals surface area contributed by atoms with Crippen molar-refractivity contribution in [3.63, 3.8) is 0 Å². The van der Waals surface area contributed by atoms with Crippen molar-refractivity contribution in [1.82, 2.24) is 0 Å². The fourth-order valence-electron chi connectivity index (χ4n) is 3.17. The highest BCUT2D eigenvalue weighted by molar-refractivity contribution is 4.59. The Hall–Kier alpha value is 0. The number of rotatable bonds is 15. The molecule has 0 aliphatic carbocycles. The average Bonchev–Trinajstić information content (AvgIpc) is 2.41. The fourth-order valence-corrected chi connectivity index (χ4v) is 3.17. The molecule has 0 nitrogen and oxygen atoms in total. The van der Waals surface area contributed by atoms with E-state index >= 15 is 0 Å². The quantitative estimate of drug-likeness (QED) is 0.269. The highest BCUT2D eigenvalue weighted by Gasteiger charge is 2.05. The summed E-state index contributed by atoms with van der Waals surface area (Å²) in [6, 6.07) is 0. The van der Waals surface area contributed by atoms with Gasteiger partial charge in [-0.25, -0.2) is 0 Å². The first kappa shape index (κ1) is 19.0. The third-order valence-electron chi connectivity index (χ3n) is 4.36. The lowest BCUT2D eigenvalue weighted by molar-refractivity contribution is 0.390. The van der Waals surface area contributed by atoms with Gasteiger partial charge < -0.3 is 0 Å². The van der Waals surface area contributed by atoms with Crippen molar-refractivity contribution in [2.75, 3.05) is 0 Å². The lowest BCUT2D eigenvalue weighted by Gasteiger charge is -2.14. The van der Waals surface area contributed by atoms with Gasteiger partial charge in [-0.3, -0.25) is 0 Å². The van der Waals surface area contributed by atoms with Crippen molar-refractivity contribution in [1.29, 1.82) is 0 Å². The summed E-state index contributed by atoms with van der Waals surface area (Å²) in [6.07, 6.45) is 21.8. The number of hydrogen-bond donors (Lipinski definition) is 0. The summed E-state index contributed by atoms with van der Waals surface area (Å²) >= 11 is 0. The Kier molecular flexibility index (Phi) is 16.1. The van der Waals surface area contributed by atoms with Crippen LogP contribution in [0.4, 0.5) is 0 Å². The Morgan fingerprint density at radius 1 is 0.421 bits per heavy atom. The summed E-state index contributed by atoms with van der Waals surface area (Å²) in [7, 11) is 0. The second kappa shape index (κ2) is 16.1. The van der Waals surface area contributed by atoms with Gasteiger partial charge in [-0.15, -0.1) is 0 Å². The Bertz CT molecular complexity index is 144. The van der Waals surface area contributed by atoms with Gasteiger partial charge in [-0.2, -0.15) is 0 Å². The monoisotopic (exact) mass is 268 g/mol. The molecule has 0 aliphatic rings. The topological polar surface area (TPSA) is 0 Å². The summed E-state index contributed by atoms with van der Waals surface area (Å²) in [6.45, 7) is 6.97. The van der Waals surface area contributed by atoms with Crippen molar-refractivity contribution in [3.05, 3.63) is 0 Å². The molecule has 0 bridgehead atoms. The number of hydrogen-bond acceptors (Lipinski definition) is 0. The highest BCUT2D eigenvalue weighted by Crippen LogP contribution is 2.21. The first-order valence-electron chi connectivity index (χ1n) is 9.35. The largest absolute Gasteiger partial charge is 0.0654 e. The second-order valence-corrected chi connectivity index (χ2v) is 6.41. The van der Waals surface area contributed by atoms with Crippen LogP contribution in [0.2, 0.25) is 0 Å². The molecule has 0 saturated carbocycles. The zero-order valence-corrected chi connectivity index (χ0v) is 14.2. The molecule has 0 aromatic carbocycles. The van der Waals surface area contributed by atoms with Crippen LogP contribution in [0.25, 0.3) is 0 Å². The van der Waals surface area contributed by atoms with E-state index in [2.05, 4.69) is 20.8 Å².